The molecule has 0 spiro atoms. The van der Waals surface area contributed by atoms with Crippen LogP contribution in [0, 0.1) is 5.82 Å². The molecule has 1 N–H and O–H groups in total. The molecular weight excluding hydrogens is 209 g/mol. The molecule has 1 aliphatic heterocycles. The molecule has 1 fully saturated rings. The van der Waals surface area contributed by atoms with E-state index in [1.807, 2.05) is 11.9 Å². The number of benzene rings is 1. The lowest BCUT2D eigenvalue weighted by molar-refractivity contribution is -0.256. The number of hydrogen-bond donors (Lipinski definition) is 1. The van der Waals surface area contributed by atoms with Gasteiger partial charge in [0.2, 0.25) is 0 Å². The van der Waals surface area contributed by atoms with Gasteiger partial charge in [0.1, 0.15) is 5.82 Å². The molecule has 3 nitrogen and oxygen atoms in total. The van der Waals surface area contributed by atoms with Crippen LogP contribution in [0.5, 0.6) is 0 Å². The van der Waals surface area contributed by atoms with E-state index in [9.17, 15) is 9.50 Å². The lowest BCUT2D eigenvalue weighted by Gasteiger charge is -2.43. The standard InChI is InChI=1S/C12H16FNO2/c1-12(15)11(14(2)7-8-16-12)9-3-5-10(13)6-4-9/h3-6,11,15H,7-8H2,1-2H3/t11-,12-/m0/s1. The topological polar surface area (TPSA) is 32.7 Å². The largest absolute Gasteiger partial charge is 0.364 e. The van der Waals surface area contributed by atoms with E-state index in [-0.39, 0.29) is 11.9 Å². The van der Waals surface area contributed by atoms with Gasteiger partial charge in [-0.15, -0.1) is 0 Å². The molecule has 4 heteroatoms. The van der Waals surface area contributed by atoms with Gasteiger partial charge in [-0.05, 0) is 31.7 Å². The smallest absolute Gasteiger partial charge is 0.182 e. The van der Waals surface area contributed by atoms with Gasteiger partial charge < -0.3 is 9.84 Å². The van der Waals surface area contributed by atoms with E-state index >= 15 is 0 Å². The zero-order chi connectivity index (χ0) is 11.8. The van der Waals surface area contributed by atoms with E-state index in [1.165, 1.54) is 12.1 Å². The van der Waals surface area contributed by atoms with Crippen molar-refractivity contribution in [2.75, 3.05) is 20.2 Å². The third-order valence-electron chi connectivity index (χ3n) is 2.97. The fourth-order valence-corrected chi connectivity index (χ4v) is 2.22. The van der Waals surface area contributed by atoms with Crippen LogP contribution in [0.3, 0.4) is 0 Å². The molecule has 2 atom stereocenters. The van der Waals surface area contributed by atoms with Crippen molar-refractivity contribution in [1.82, 2.24) is 4.90 Å². The Morgan fingerprint density at radius 1 is 1.44 bits per heavy atom. The highest BCUT2D eigenvalue weighted by atomic mass is 19.1. The van der Waals surface area contributed by atoms with Crippen molar-refractivity contribution in [3.63, 3.8) is 0 Å². The second-order valence-corrected chi connectivity index (χ2v) is 4.34. The van der Waals surface area contributed by atoms with E-state index in [1.54, 1.807) is 19.1 Å². The van der Waals surface area contributed by atoms with Gasteiger partial charge in [0, 0.05) is 6.54 Å². The molecule has 1 saturated heterocycles. The molecule has 2 rings (SSSR count). The van der Waals surface area contributed by atoms with Gasteiger partial charge in [0.25, 0.3) is 0 Å². The molecule has 1 aromatic carbocycles. The first-order valence-corrected chi connectivity index (χ1v) is 5.33. The summed E-state index contributed by atoms with van der Waals surface area (Å²) in [6, 6.07) is 5.89. The molecule has 1 heterocycles. The van der Waals surface area contributed by atoms with Crippen LogP contribution in [0.4, 0.5) is 4.39 Å². The van der Waals surface area contributed by atoms with Crippen LogP contribution in [0.15, 0.2) is 24.3 Å². The number of aliphatic hydroxyl groups is 1. The van der Waals surface area contributed by atoms with Crippen LogP contribution in [-0.4, -0.2) is 36.0 Å². The fraction of sp³-hybridized carbons (Fsp3) is 0.500. The molecule has 16 heavy (non-hydrogen) atoms. The average molecular weight is 225 g/mol. The van der Waals surface area contributed by atoms with E-state index in [2.05, 4.69) is 0 Å². The van der Waals surface area contributed by atoms with Gasteiger partial charge in [0.05, 0.1) is 12.6 Å². The van der Waals surface area contributed by atoms with Crippen molar-refractivity contribution in [1.29, 1.82) is 0 Å². The van der Waals surface area contributed by atoms with Gasteiger partial charge in [-0.2, -0.15) is 0 Å². The molecular formula is C12H16FNO2. The van der Waals surface area contributed by atoms with Crippen LogP contribution in [0.1, 0.15) is 18.5 Å². The van der Waals surface area contributed by atoms with E-state index < -0.39 is 5.79 Å². The van der Waals surface area contributed by atoms with Crippen molar-refractivity contribution in [3.8, 4) is 0 Å². The van der Waals surface area contributed by atoms with Gasteiger partial charge >= 0.3 is 0 Å². The predicted octanol–water partition coefficient (Wildman–Crippen LogP) is 1.54. The summed E-state index contributed by atoms with van der Waals surface area (Å²) in [6.45, 7) is 2.88. The highest BCUT2D eigenvalue weighted by molar-refractivity contribution is 5.22. The van der Waals surface area contributed by atoms with Crippen LogP contribution in [-0.2, 0) is 4.74 Å². The van der Waals surface area contributed by atoms with Gasteiger partial charge in [-0.3, -0.25) is 4.90 Å². The second-order valence-electron chi connectivity index (χ2n) is 4.34. The Bertz CT molecular complexity index is 364. The van der Waals surface area contributed by atoms with Crippen molar-refractivity contribution < 1.29 is 14.2 Å². The zero-order valence-corrected chi connectivity index (χ0v) is 9.48. The molecule has 0 amide bonds. The summed E-state index contributed by atoms with van der Waals surface area (Å²) in [7, 11) is 1.92. The maximum atomic E-state index is 12.8. The molecule has 88 valence electrons. The van der Waals surface area contributed by atoms with Crippen molar-refractivity contribution in [2.24, 2.45) is 0 Å². The molecule has 1 aromatic rings. The zero-order valence-electron chi connectivity index (χ0n) is 9.48. The Morgan fingerprint density at radius 2 is 2.06 bits per heavy atom. The molecule has 0 aliphatic carbocycles. The lowest BCUT2D eigenvalue weighted by Crippen LogP contribution is -2.50. The number of halogens is 1. The molecule has 1 aliphatic rings. The number of rotatable bonds is 1. The summed E-state index contributed by atoms with van der Waals surface area (Å²) in [5.74, 6) is -1.51. The van der Waals surface area contributed by atoms with Gasteiger partial charge in [-0.25, -0.2) is 4.39 Å². The van der Waals surface area contributed by atoms with Crippen LogP contribution < -0.4 is 0 Å². The normalized spacial score (nSPS) is 31.6. The summed E-state index contributed by atoms with van der Waals surface area (Å²) < 4.78 is 18.2. The van der Waals surface area contributed by atoms with Crippen LogP contribution in [0.2, 0.25) is 0 Å². The van der Waals surface area contributed by atoms with E-state index in [0.29, 0.717) is 6.61 Å². The molecule has 0 unspecified atom stereocenters. The number of likely N-dealkylation sites (N-methyl/N-ethyl adjacent to an activating group) is 1. The Kier molecular flexibility index (Phi) is 2.97. The quantitative estimate of drug-likeness (QED) is 0.787. The molecule has 0 aromatic heterocycles. The fourth-order valence-electron chi connectivity index (χ4n) is 2.22. The first-order chi connectivity index (χ1) is 7.50. The number of hydrogen-bond acceptors (Lipinski definition) is 3. The maximum absolute atomic E-state index is 12.8. The molecule has 0 bridgehead atoms. The van der Waals surface area contributed by atoms with Crippen molar-refractivity contribution >= 4 is 0 Å². The predicted molar refractivity (Wildman–Crippen MR) is 58.3 cm³/mol. The molecule has 0 radical (unpaired) electrons. The Labute approximate surface area is 94.4 Å². The summed E-state index contributed by atoms with van der Waals surface area (Å²) in [4.78, 5) is 2.01. The Balaban J connectivity index is 2.32. The summed E-state index contributed by atoms with van der Waals surface area (Å²) in [5, 5.41) is 10.2. The third kappa shape index (κ3) is 2.09. The Morgan fingerprint density at radius 3 is 2.62 bits per heavy atom. The second kappa shape index (κ2) is 4.13. The monoisotopic (exact) mass is 225 g/mol. The minimum absolute atomic E-state index is 0.262. The van der Waals surface area contributed by atoms with Gasteiger partial charge in [0.15, 0.2) is 5.79 Å². The van der Waals surface area contributed by atoms with E-state index in [0.717, 1.165) is 12.1 Å². The molecule has 0 saturated carbocycles. The van der Waals surface area contributed by atoms with Crippen molar-refractivity contribution in [3.05, 3.63) is 35.6 Å². The Hall–Kier alpha value is -0.970. The number of ether oxygens (including phenoxy) is 1. The van der Waals surface area contributed by atoms with Crippen molar-refractivity contribution in [2.45, 2.75) is 18.8 Å². The summed E-state index contributed by atoms with van der Waals surface area (Å²) in [6.07, 6.45) is 0. The summed E-state index contributed by atoms with van der Waals surface area (Å²) >= 11 is 0. The first-order valence-electron chi connectivity index (χ1n) is 5.33. The summed E-state index contributed by atoms with van der Waals surface area (Å²) in [5.41, 5.74) is 0.855. The minimum Gasteiger partial charge on any atom is -0.364 e. The van der Waals surface area contributed by atoms with Gasteiger partial charge in [-0.1, -0.05) is 12.1 Å². The van der Waals surface area contributed by atoms with Crippen LogP contribution in [0.25, 0.3) is 0 Å². The first kappa shape index (κ1) is 11.5. The average Bonchev–Trinajstić information content (AvgIpc) is 2.19. The van der Waals surface area contributed by atoms with Crippen LogP contribution >= 0.6 is 0 Å². The highest BCUT2D eigenvalue weighted by Gasteiger charge is 2.40. The third-order valence-corrected chi connectivity index (χ3v) is 2.97. The minimum atomic E-state index is -1.23. The number of nitrogens with zero attached hydrogens (tertiary/aromatic N) is 1. The highest BCUT2D eigenvalue weighted by Crippen LogP contribution is 2.34. The van der Waals surface area contributed by atoms with E-state index in [4.69, 9.17) is 4.74 Å². The number of morpholine rings is 1. The maximum Gasteiger partial charge on any atom is 0.182 e. The SMILES string of the molecule is CN1CCO[C@](C)(O)[C@@H]1c1ccc(F)cc1. The lowest BCUT2D eigenvalue weighted by atomic mass is 9.96.